The third-order valence-corrected chi connectivity index (χ3v) is 2.52. The molecule has 0 unspecified atom stereocenters. The highest BCUT2D eigenvalue weighted by molar-refractivity contribution is 5.92. The molecule has 0 saturated carbocycles. The number of carbonyl (C=O) groups is 1. The van der Waals surface area contributed by atoms with Gasteiger partial charge in [-0.2, -0.15) is 0 Å². The van der Waals surface area contributed by atoms with Crippen molar-refractivity contribution in [2.24, 2.45) is 0 Å². The first kappa shape index (κ1) is 12.7. The Morgan fingerprint density at radius 2 is 2.19 bits per heavy atom. The van der Waals surface area contributed by atoms with E-state index in [0.29, 0.717) is 12.2 Å². The Morgan fingerprint density at radius 3 is 2.56 bits per heavy atom. The molecule has 0 bridgehead atoms. The Bertz CT molecular complexity index is 349. The lowest BCUT2D eigenvalue weighted by Gasteiger charge is -2.29. The van der Waals surface area contributed by atoms with E-state index in [1.807, 2.05) is 0 Å². The molecule has 0 fully saturated rings. The number of carbonyl (C=O) groups excluding carboxylic acids is 1. The quantitative estimate of drug-likeness (QED) is 0.651. The van der Waals surface area contributed by atoms with Crippen molar-refractivity contribution in [1.82, 2.24) is 10.5 Å². The molecule has 0 aromatic carbocycles. The Kier molecular flexibility index (Phi) is 4.03. The third-order valence-electron chi connectivity index (χ3n) is 2.52. The smallest absolute Gasteiger partial charge is 0.274 e. The van der Waals surface area contributed by atoms with E-state index >= 15 is 0 Å². The van der Waals surface area contributed by atoms with Gasteiger partial charge in [0, 0.05) is 6.07 Å². The van der Waals surface area contributed by atoms with Crippen molar-refractivity contribution in [1.29, 1.82) is 0 Å². The van der Waals surface area contributed by atoms with Crippen LogP contribution in [0.25, 0.3) is 0 Å². The van der Waals surface area contributed by atoms with Crippen LogP contribution < -0.4 is 5.32 Å². The van der Waals surface area contributed by atoms with Crippen LogP contribution in [0, 0.1) is 6.92 Å². The molecule has 0 spiro atoms. The van der Waals surface area contributed by atoms with Crippen molar-refractivity contribution in [3.05, 3.63) is 17.5 Å². The van der Waals surface area contributed by atoms with Crippen LogP contribution in [0.15, 0.2) is 10.6 Å². The number of hydrogen-bond acceptors (Lipinski definition) is 5. The summed E-state index contributed by atoms with van der Waals surface area (Å²) >= 11 is 0. The van der Waals surface area contributed by atoms with Gasteiger partial charge in [0.25, 0.3) is 5.91 Å². The zero-order valence-electron chi connectivity index (χ0n) is 9.36. The molecule has 0 radical (unpaired) electrons. The fourth-order valence-corrected chi connectivity index (χ4v) is 1.22. The highest BCUT2D eigenvalue weighted by Gasteiger charge is 2.29. The molecule has 1 amide bonds. The molecule has 90 valence electrons. The maximum atomic E-state index is 11.7. The molecule has 1 heterocycles. The normalized spacial score (nSPS) is 11.5. The fourth-order valence-electron chi connectivity index (χ4n) is 1.22. The van der Waals surface area contributed by atoms with Crippen LogP contribution >= 0.6 is 0 Å². The number of hydrogen-bond donors (Lipinski definition) is 3. The molecule has 1 aromatic heterocycles. The van der Waals surface area contributed by atoms with Crippen molar-refractivity contribution >= 4 is 5.91 Å². The van der Waals surface area contributed by atoms with Crippen LogP contribution in [-0.2, 0) is 0 Å². The summed E-state index contributed by atoms with van der Waals surface area (Å²) in [6.45, 7) is 2.78. The lowest BCUT2D eigenvalue weighted by Crippen LogP contribution is -2.53. The van der Waals surface area contributed by atoms with E-state index in [1.54, 1.807) is 13.8 Å². The molecule has 0 atom stereocenters. The molecule has 1 rings (SSSR count). The van der Waals surface area contributed by atoms with Crippen LogP contribution in [0.2, 0.25) is 0 Å². The Morgan fingerprint density at radius 1 is 1.56 bits per heavy atom. The topological polar surface area (TPSA) is 95.6 Å². The van der Waals surface area contributed by atoms with Crippen molar-refractivity contribution in [2.45, 2.75) is 25.8 Å². The molecule has 0 saturated heterocycles. The van der Waals surface area contributed by atoms with E-state index in [1.165, 1.54) is 6.07 Å². The van der Waals surface area contributed by atoms with Gasteiger partial charge in [-0.15, -0.1) is 0 Å². The second-order valence-electron chi connectivity index (χ2n) is 3.73. The van der Waals surface area contributed by atoms with Crippen LogP contribution in [-0.4, -0.2) is 40.0 Å². The van der Waals surface area contributed by atoms with Gasteiger partial charge < -0.3 is 20.1 Å². The van der Waals surface area contributed by atoms with Crippen molar-refractivity contribution in [2.75, 3.05) is 13.2 Å². The van der Waals surface area contributed by atoms with E-state index in [0.717, 1.165) is 0 Å². The highest BCUT2D eigenvalue weighted by atomic mass is 16.5. The van der Waals surface area contributed by atoms with Gasteiger partial charge in [-0.25, -0.2) is 0 Å². The van der Waals surface area contributed by atoms with Gasteiger partial charge in [-0.3, -0.25) is 4.79 Å². The summed E-state index contributed by atoms with van der Waals surface area (Å²) in [5.41, 5.74) is -0.874. The summed E-state index contributed by atoms with van der Waals surface area (Å²) in [6.07, 6.45) is 0.419. The van der Waals surface area contributed by atoms with Gasteiger partial charge >= 0.3 is 0 Å². The van der Waals surface area contributed by atoms with E-state index in [-0.39, 0.29) is 18.9 Å². The molecule has 0 aliphatic rings. The summed E-state index contributed by atoms with van der Waals surface area (Å²) in [5, 5.41) is 24.4. The standard InChI is InChI=1S/C10H16N2O4/c1-3-10(5-13,6-14)11-9(15)8-4-7(2)16-12-8/h4,13-14H,3,5-6H2,1-2H3,(H,11,15). The first-order valence-electron chi connectivity index (χ1n) is 5.04. The van der Waals surface area contributed by atoms with Crippen molar-refractivity contribution in [3.63, 3.8) is 0 Å². The SMILES string of the molecule is CCC(CO)(CO)NC(=O)c1cc(C)on1. The van der Waals surface area contributed by atoms with E-state index in [4.69, 9.17) is 14.7 Å². The van der Waals surface area contributed by atoms with Gasteiger partial charge in [0.2, 0.25) is 0 Å². The number of nitrogens with one attached hydrogen (secondary N) is 1. The molecule has 1 aromatic rings. The first-order valence-corrected chi connectivity index (χ1v) is 5.04. The molecular weight excluding hydrogens is 212 g/mol. The van der Waals surface area contributed by atoms with Gasteiger partial charge in [0.15, 0.2) is 5.69 Å². The zero-order valence-corrected chi connectivity index (χ0v) is 9.36. The minimum absolute atomic E-state index is 0.136. The summed E-state index contributed by atoms with van der Waals surface area (Å²) in [5.74, 6) is 0.0574. The van der Waals surface area contributed by atoms with Crippen LogP contribution in [0.1, 0.15) is 29.6 Å². The Hall–Kier alpha value is -1.40. The molecule has 0 aliphatic carbocycles. The van der Waals surface area contributed by atoms with Gasteiger partial charge in [0.1, 0.15) is 5.76 Å². The van der Waals surface area contributed by atoms with Crippen LogP contribution in [0.3, 0.4) is 0 Å². The molecular formula is C10H16N2O4. The second-order valence-corrected chi connectivity index (χ2v) is 3.73. The zero-order chi connectivity index (χ0) is 12.2. The van der Waals surface area contributed by atoms with Gasteiger partial charge in [-0.05, 0) is 13.3 Å². The minimum Gasteiger partial charge on any atom is -0.394 e. The number of aromatic nitrogens is 1. The number of aliphatic hydroxyl groups excluding tert-OH is 2. The molecule has 0 aliphatic heterocycles. The number of aryl methyl sites for hydroxylation is 1. The monoisotopic (exact) mass is 228 g/mol. The average Bonchev–Trinajstić information content (AvgIpc) is 2.73. The van der Waals surface area contributed by atoms with Crippen LogP contribution in [0.5, 0.6) is 0 Å². The van der Waals surface area contributed by atoms with Gasteiger partial charge in [0.05, 0.1) is 18.8 Å². The average molecular weight is 228 g/mol. The van der Waals surface area contributed by atoms with Crippen LogP contribution in [0.4, 0.5) is 0 Å². The second kappa shape index (κ2) is 5.09. The molecule has 3 N–H and O–H groups in total. The number of nitrogens with zero attached hydrogens (tertiary/aromatic N) is 1. The number of rotatable bonds is 5. The van der Waals surface area contributed by atoms with Crippen molar-refractivity contribution < 1.29 is 19.5 Å². The Labute approximate surface area is 93.3 Å². The van der Waals surface area contributed by atoms with Gasteiger partial charge in [-0.1, -0.05) is 12.1 Å². The summed E-state index contributed by atoms with van der Waals surface area (Å²) in [7, 11) is 0. The van der Waals surface area contributed by atoms with Crippen molar-refractivity contribution in [3.8, 4) is 0 Å². The Balaban J connectivity index is 2.76. The number of amides is 1. The maximum absolute atomic E-state index is 11.7. The predicted octanol–water partition coefficient (Wildman–Crippen LogP) is -0.154. The maximum Gasteiger partial charge on any atom is 0.274 e. The highest BCUT2D eigenvalue weighted by Crippen LogP contribution is 2.10. The molecule has 6 nitrogen and oxygen atoms in total. The first-order chi connectivity index (χ1) is 7.56. The third kappa shape index (κ3) is 2.59. The lowest BCUT2D eigenvalue weighted by molar-refractivity contribution is 0.0646. The lowest BCUT2D eigenvalue weighted by atomic mass is 9.98. The largest absolute Gasteiger partial charge is 0.394 e. The molecule has 6 heteroatoms. The summed E-state index contributed by atoms with van der Waals surface area (Å²) in [6, 6.07) is 1.49. The van der Waals surface area contributed by atoms with E-state index in [2.05, 4.69) is 10.5 Å². The fraction of sp³-hybridized carbons (Fsp3) is 0.600. The molecule has 16 heavy (non-hydrogen) atoms. The predicted molar refractivity (Wildman–Crippen MR) is 55.9 cm³/mol. The summed E-state index contributed by atoms with van der Waals surface area (Å²) in [4.78, 5) is 11.7. The summed E-state index contributed by atoms with van der Waals surface area (Å²) < 4.78 is 4.77. The van der Waals surface area contributed by atoms with E-state index in [9.17, 15) is 4.79 Å². The number of aliphatic hydroxyl groups is 2. The minimum atomic E-state index is -1.01. The van der Waals surface area contributed by atoms with E-state index < -0.39 is 11.4 Å².